The maximum absolute atomic E-state index is 10.5. The smallest absolute Gasteiger partial charge is 0.161 e. The highest BCUT2D eigenvalue weighted by atomic mass is 35.5. The van der Waals surface area contributed by atoms with Crippen molar-refractivity contribution in [3.05, 3.63) is 23.8 Å². The summed E-state index contributed by atoms with van der Waals surface area (Å²) in [7, 11) is 3.35. The van der Waals surface area contributed by atoms with Gasteiger partial charge in [0, 0.05) is 32.7 Å². The van der Waals surface area contributed by atoms with Crippen LogP contribution < -0.4 is 20.5 Å². The van der Waals surface area contributed by atoms with E-state index in [2.05, 4.69) is 31.3 Å². The molecule has 0 heterocycles. The monoisotopic (exact) mass is 494 g/mol. The first-order valence-corrected chi connectivity index (χ1v) is 11.4. The van der Waals surface area contributed by atoms with Gasteiger partial charge in [-0.1, -0.05) is 19.9 Å². The minimum Gasteiger partial charge on any atom is -0.493 e. The van der Waals surface area contributed by atoms with E-state index in [1.807, 2.05) is 6.07 Å². The number of ether oxygens (including phenoxy) is 3. The normalized spacial score (nSPS) is 16.0. The van der Waals surface area contributed by atoms with Crippen LogP contribution in [0.15, 0.2) is 18.2 Å². The molecule has 1 aromatic rings. The minimum atomic E-state index is -0.513. The highest BCUT2D eigenvalue weighted by molar-refractivity contribution is 5.85. The van der Waals surface area contributed by atoms with Gasteiger partial charge in [0.2, 0.25) is 0 Å². The van der Waals surface area contributed by atoms with Crippen LogP contribution in [0.3, 0.4) is 0 Å². The SMILES string of the molecule is COCCCOc1cc(C[C@@H](C[C@H](N)[C@@H](O)CNCC2CC2)C(C)C)ccc1OC.Cl.Cl. The molecule has 1 fully saturated rings. The first-order chi connectivity index (χ1) is 14.4. The molecule has 0 amide bonds. The Morgan fingerprint density at radius 2 is 1.84 bits per heavy atom. The average molecular weight is 496 g/mol. The molecule has 4 N–H and O–H groups in total. The zero-order valence-corrected chi connectivity index (χ0v) is 21.7. The third-order valence-electron chi connectivity index (χ3n) is 5.97. The largest absolute Gasteiger partial charge is 0.493 e. The lowest BCUT2D eigenvalue weighted by atomic mass is 9.83. The van der Waals surface area contributed by atoms with Gasteiger partial charge in [0.25, 0.3) is 0 Å². The standard InChI is InChI=1S/C24H42N2O4.2ClH/c1-17(2)20(14-21(25)22(27)16-26-15-18-6-7-18)12-19-8-9-23(29-4)24(13-19)30-11-5-10-28-3;;/h8-9,13,17-18,20-22,26-27H,5-7,10-12,14-16,25H2,1-4H3;2*1H/t20-,21-,22-;;/m0../s1. The van der Waals surface area contributed by atoms with Crippen molar-refractivity contribution in [1.29, 1.82) is 0 Å². The summed E-state index contributed by atoms with van der Waals surface area (Å²) in [4.78, 5) is 0. The second kappa shape index (κ2) is 16.8. The van der Waals surface area contributed by atoms with Crippen molar-refractivity contribution in [1.82, 2.24) is 5.32 Å². The summed E-state index contributed by atoms with van der Waals surface area (Å²) in [6.07, 6.45) is 4.63. The molecule has 0 aliphatic heterocycles. The van der Waals surface area contributed by atoms with Crippen molar-refractivity contribution >= 4 is 24.8 Å². The summed E-state index contributed by atoms with van der Waals surface area (Å²) < 4.78 is 16.5. The number of nitrogens with two attached hydrogens (primary N) is 1. The van der Waals surface area contributed by atoms with Gasteiger partial charge in [0.15, 0.2) is 11.5 Å². The van der Waals surface area contributed by atoms with Gasteiger partial charge in [0.1, 0.15) is 0 Å². The quantitative estimate of drug-likeness (QED) is 0.302. The molecule has 0 bridgehead atoms. The van der Waals surface area contributed by atoms with E-state index >= 15 is 0 Å². The molecule has 0 radical (unpaired) electrons. The molecular formula is C24H44Cl2N2O4. The number of hydrogen-bond donors (Lipinski definition) is 3. The van der Waals surface area contributed by atoms with Crippen molar-refractivity contribution in [2.75, 3.05) is 40.5 Å². The Bertz CT molecular complexity index is 618. The molecule has 0 unspecified atom stereocenters. The average Bonchev–Trinajstić information content (AvgIpc) is 3.55. The van der Waals surface area contributed by atoms with Gasteiger partial charge in [-0.3, -0.25) is 0 Å². The van der Waals surface area contributed by atoms with Crippen molar-refractivity contribution < 1.29 is 19.3 Å². The summed E-state index contributed by atoms with van der Waals surface area (Å²) >= 11 is 0. The summed E-state index contributed by atoms with van der Waals surface area (Å²) in [5.74, 6) is 3.16. The van der Waals surface area contributed by atoms with Crippen molar-refractivity contribution in [3.63, 3.8) is 0 Å². The molecular weight excluding hydrogens is 451 g/mol. The summed E-state index contributed by atoms with van der Waals surface area (Å²) in [5.41, 5.74) is 7.56. The Morgan fingerprint density at radius 1 is 1.12 bits per heavy atom. The van der Waals surface area contributed by atoms with Crippen LogP contribution in [-0.2, 0) is 11.2 Å². The third-order valence-corrected chi connectivity index (χ3v) is 5.97. The Balaban J connectivity index is 0.00000480. The number of nitrogens with one attached hydrogen (secondary N) is 1. The molecule has 2 rings (SSSR count). The molecule has 0 aromatic heterocycles. The van der Waals surface area contributed by atoms with Crippen LogP contribution in [0.25, 0.3) is 0 Å². The highest BCUT2D eigenvalue weighted by Crippen LogP contribution is 2.31. The van der Waals surface area contributed by atoms with Crippen molar-refractivity contribution in [3.8, 4) is 11.5 Å². The van der Waals surface area contributed by atoms with E-state index in [1.165, 1.54) is 18.4 Å². The van der Waals surface area contributed by atoms with Gasteiger partial charge >= 0.3 is 0 Å². The number of hydrogen-bond acceptors (Lipinski definition) is 6. The topological polar surface area (TPSA) is 86.0 Å². The molecule has 3 atom stereocenters. The number of benzene rings is 1. The maximum Gasteiger partial charge on any atom is 0.161 e. The van der Waals surface area contributed by atoms with E-state index in [0.717, 1.165) is 43.2 Å². The van der Waals surface area contributed by atoms with Crippen LogP contribution in [0.4, 0.5) is 0 Å². The molecule has 1 aliphatic carbocycles. The predicted molar refractivity (Wildman–Crippen MR) is 136 cm³/mol. The van der Waals surface area contributed by atoms with Gasteiger partial charge < -0.3 is 30.4 Å². The maximum atomic E-state index is 10.5. The second-order valence-electron chi connectivity index (χ2n) is 8.96. The zero-order valence-electron chi connectivity index (χ0n) is 20.0. The van der Waals surface area contributed by atoms with E-state index in [4.69, 9.17) is 19.9 Å². The number of rotatable bonds is 16. The molecule has 0 saturated heterocycles. The van der Waals surface area contributed by atoms with Gasteiger partial charge in [-0.25, -0.2) is 0 Å². The first-order valence-electron chi connectivity index (χ1n) is 11.4. The first kappa shape index (κ1) is 31.2. The van der Waals surface area contributed by atoms with E-state index in [-0.39, 0.29) is 30.9 Å². The molecule has 8 heteroatoms. The fourth-order valence-corrected chi connectivity index (χ4v) is 3.66. The molecule has 1 aliphatic rings. The van der Waals surface area contributed by atoms with Crippen LogP contribution >= 0.6 is 24.8 Å². The highest BCUT2D eigenvalue weighted by Gasteiger charge is 2.24. The summed E-state index contributed by atoms with van der Waals surface area (Å²) in [6.45, 7) is 7.28. The lowest BCUT2D eigenvalue weighted by Crippen LogP contribution is -2.44. The number of methoxy groups -OCH3 is 2. The van der Waals surface area contributed by atoms with Crippen LogP contribution in [0.2, 0.25) is 0 Å². The van der Waals surface area contributed by atoms with Gasteiger partial charge in [-0.05, 0) is 67.7 Å². The fraction of sp³-hybridized carbons (Fsp3) is 0.750. The summed E-state index contributed by atoms with van der Waals surface area (Å²) in [6, 6.07) is 5.90. The molecule has 0 spiro atoms. The molecule has 188 valence electrons. The molecule has 1 aromatic carbocycles. The van der Waals surface area contributed by atoms with Gasteiger partial charge in [-0.15, -0.1) is 24.8 Å². The van der Waals surface area contributed by atoms with Gasteiger partial charge in [0.05, 0.1) is 19.8 Å². The van der Waals surface area contributed by atoms with Crippen molar-refractivity contribution in [2.45, 2.75) is 58.1 Å². The Kier molecular flexibility index (Phi) is 16.4. The lowest BCUT2D eigenvalue weighted by molar-refractivity contribution is 0.124. The summed E-state index contributed by atoms with van der Waals surface area (Å²) in [5, 5.41) is 13.8. The van der Waals surface area contributed by atoms with Crippen molar-refractivity contribution in [2.24, 2.45) is 23.5 Å². The minimum absolute atomic E-state index is 0. The Hall–Kier alpha value is -0.760. The second-order valence-corrected chi connectivity index (χ2v) is 8.96. The van der Waals surface area contributed by atoms with Crippen LogP contribution in [-0.4, -0.2) is 57.8 Å². The number of aliphatic hydroxyl groups excluding tert-OH is 1. The van der Waals surface area contributed by atoms with Crippen LogP contribution in [0.5, 0.6) is 11.5 Å². The van der Waals surface area contributed by atoms with Gasteiger partial charge in [-0.2, -0.15) is 0 Å². The zero-order chi connectivity index (χ0) is 21.9. The number of halogens is 2. The predicted octanol–water partition coefficient (Wildman–Crippen LogP) is 3.85. The van der Waals surface area contributed by atoms with E-state index < -0.39 is 6.10 Å². The lowest BCUT2D eigenvalue weighted by Gasteiger charge is -2.27. The van der Waals surface area contributed by atoms with E-state index in [0.29, 0.717) is 31.6 Å². The Morgan fingerprint density at radius 3 is 2.44 bits per heavy atom. The molecule has 6 nitrogen and oxygen atoms in total. The number of aliphatic hydroxyl groups is 1. The Labute approximate surface area is 206 Å². The van der Waals surface area contributed by atoms with Crippen LogP contribution in [0.1, 0.15) is 45.1 Å². The van der Waals surface area contributed by atoms with Crippen LogP contribution in [0, 0.1) is 17.8 Å². The third kappa shape index (κ3) is 11.4. The van der Waals surface area contributed by atoms with E-state index in [1.54, 1.807) is 14.2 Å². The molecule has 1 saturated carbocycles. The molecule has 32 heavy (non-hydrogen) atoms. The fourth-order valence-electron chi connectivity index (χ4n) is 3.66. The van der Waals surface area contributed by atoms with E-state index in [9.17, 15) is 5.11 Å².